The van der Waals surface area contributed by atoms with Crippen LogP contribution in [0.3, 0.4) is 0 Å². The van der Waals surface area contributed by atoms with E-state index < -0.39 is 5.41 Å². The molecule has 1 saturated heterocycles. The Balaban J connectivity index is 2.11. The van der Waals surface area contributed by atoms with E-state index in [1.807, 2.05) is 26.8 Å². The molecule has 0 bridgehead atoms. The summed E-state index contributed by atoms with van der Waals surface area (Å²) in [4.78, 5) is 16.6. The molecular formula is C15H22ClN3O. The van der Waals surface area contributed by atoms with Gasteiger partial charge >= 0.3 is 0 Å². The summed E-state index contributed by atoms with van der Waals surface area (Å²) in [5.74, 6) is 0.341. The summed E-state index contributed by atoms with van der Waals surface area (Å²) in [7, 11) is 0. The van der Waals surface area contributed by atoms with Gasteiger partial charge < -0.3 is 10.6 Å². The number of anilines is 1. The maximum absolute atomic E-state index is 12.6. The average Bonchev–Trinajstić information content (AvgIpc) is 2.43. The first-order valence-corrected chi connectivity index (χ1v) is 7.43. The zero-order chi connectivity index (χ0) is 14.8. The standard InChI is InChI=1S/C15H22ClN3O/c1-10-7-12(13(16)18-8-10)19-14(20)15(2,3)11-5-4-6-17-9-11/h7-8,11,17H,4-6,9H2,1-3H3,(H,19,20). The van der Waals surface area contributed by atoms with Gasteiger partial charge in [0.1, 0.15) is 0 Å². The Hall–Kier alpha value is -1.13. The molecule has 2 rings (SSSR count). The highest BCUT2D eigenvalue weighted by molar-refractivity contribution is 6.32. The van der Waals surface area contributed by atoms with Gasteiger partial charge in [-0.1, -0.05) is 25.4 Å². The predicted octanol–water partition coefficient (Wildman–Crippen LogP) is 3.01. The number of carbonyl (C=O) groups is 1. The molecule has 5 heteroatoms. The highest BCUT2D eigenvalue weighted by Crippen LogP contribution is 2.33. The van der Waals surface area contributed by atoms with E-state index in [9.17, 15) is 4.79 Å². The van der Waals surface area contributed by atoms with Gasteiger partial charge in [0.15, 0.2) is 5.15 Å². The minimum atomic E-state index is -0.430. The number of hydrogen-bond donors (Lipinski definition) is 2. The van der Waals surface area contributed by atoms with Gasteiger partial charge in [-0.15, -0.1) is 0 Å². The van der Waals surface area contributed by atoms with Crippen molar-refractivity contribution in [1.29, 1.82) is 0 Å². The largest absolute Gasteiger partial charge is 0.323 e. The highest BCUT2D eigenvalue weighted by Gasteiger charge is 2.37. The van der Waals surface area contributed by atoms with E-state index in [2.05, 4.69) is 15.6 Å². The first kappa shape index (κ1) is 15.3. The molecule has 0 radical (unpaired) electrons. The van der Waals surface area contributed by atoms with Gasteiger partial charge in [0, 0.05) is 11.6 Å². The third kappa shape index (κ3) is 3.30. The molecule has 1 aliphatic rings. The van der Waals surface area contributed by atoms with E-state index in [-0.39, 0.29) is 5.91 Å². The van der Waals surface area contributed by atoms with Crippen molar-refractivity contribution in [1.82, 2.24) is 10.3 Å². The number of aromatic nitrogens is 1. The van der Waals surface area contributed by atoms with E-state index in [1.54, 1.807) is 6.20 Å². The number of piperidine rings is 1. The van der Waals surface area contributed by atoms with E-state index in [4.69, 9.17) is 11.6 Å². The first-order chi connectivity index (χ1) is 9.41. The fraction of sp³-hybridized carbons (Fsp3) is 0.600. The molecule has 1 aromatic heterocycles. The van der Waals surface area contributed by atoms with Gasteiger partial charge in [-0.2, -0.15) is 0 Å². The first-order valence-electron chi connectivity index (χ1n) is 7.05. The van der Waals surface area contributed by atoms with Crippen LogP contribution in [0.4, 0.5) is 5.69 Å². The Morgan fingerprint density at radius 3 is 2.95 bits per heavy atom. The molecule has 1 fully saturated rings. The Morgan fingerprint density at radius 2 is 2.30 bits per heavy atom. The molecule has 1 atom stereocenters. The summed E-state index contributed by atoms with van der Waals surface area (Å²) < 4.78 is 0. The van der Waals surface area contributed by atoms with Crippen LogP contribution in [0.15, 0.2) is 12.3 Å². The Morgan fingerprint density at radius 1 is 1.55 bits per heavy atom. The van der Waals surface area contributed by atoms with Crippen LogP contribution >= 0.6 is 11.6 Å². The minimum Gasteiger partial charge on any atom is -0.323 e. The Kier molecular flexibility index (Phi) is 4.66. The van der Waals surface area contributed by atoms with E-state index in [0.717, 1.165) is 31.5 Å². The minimum absolute atomic E-state index is 0.000463. The predicted molar refractivity (Wildman–Crippen MR) is 82.0 cm³/mol. The number of carbonyl (C=O) groups excluding carboxylic acids is 1. The van der Waals surface area contributed by atoms with Crippen molar-refractivity contribution in [2.75, 3.05) is 18.4 Å². The summed E-state index contributed by atoms with van der Waals surface area (Å²) in [5, 5.41) is 6.62. The monoisotopic (exact) mass is 295 g/mol. The Labute approximate surface area is 125 Å². The third-order valence-electron chi connectivity index (χ3n) is 4.13. The third-order valence-corrected chi connectivity index (χ3v) is 4.43. The van der Waals surface area contributed by atoms with Gasteiger partial charge in [0.05, 0.1) is 5.69 Å². The molecule has 0 aromatic carbocycles. The van der Waals surface area contributed by atoms with Crippen molar-refractivity contribution in [2.45, 2.75) is 33.6 Å². The number of nitrogens with zero attached hydrogens (tertiary/aromatic N) is 1. The smallest absolute Gasteiger partial charge is 0.230 e. The van der Waals surface area contributed by atoms with E-state index in [0.29, 0.717) is 16.8 Å². The summed E-state index contributed by atoms with van der Waals surface area (Å²) in [6.07, 6.45) is 3.88. The van der Waals surface area contributed by atoms with Crippen molar-refractivity contribution in [3.05, 3.63) is 23.0 Å². The molecule has 1 unspecified atom stereocenters. The fourth-order valence-electron chi connectivity index (χ4n) is 2.58. The van der Waals surface area contributed by atoms with Crippen molar-refractivity contribution < 1.29 is 4.79 Å². The van der Waals surface area contributed by atoms with Crippen LogP contribution in [0, 0.1) is 18.3 Å². The molecule has 1 aromatic rings. The van der Waals surface area contributed by atoms with Crippen LogP contribution in [-0.2, 0) is 4.79 Å². The lowest BCUT2D eigenvalue weighted by molar-refractivity contribution is -0.127. The van der Waals surface area contributed by atoms with Crippen molar-refractivity contribution in [2.24, 2.45) is 11.3 Å². The van der Waals surface area contributed by atoms with Gasteiger partial charge in [-0.3, -0.25) is 4.79 Å². The highest BCUT2D eigenvalue weighted by atomic mass is 35.5. The second kappa shape index (κ2) is 6.10. The lowest BCUT2D eigenvalue weighted by atomic mass is 9.74. The quantitative estimate of drug-likeness (QED) is 0.843. The molecule has 2 heterocycles. The molecule has 1 amide bonds. The SMILES string of the molecule is Cc1cnc(Cl)c(NC(=O)C(C)(C)C2CCCNC2)c1. The molecule has 0 aliphatic carbocycles. The lowest BCUT2D eigenvalue weighted by Gasteiger charge is -2.36. The van der Waals surface area contributed by atoms with E-state index >= 15 is 0 Å². The molecular weight excluding hydrogens is 274 g/mol. The molecule has 0 spiro atoms. The number of halogens is 1. The molecule has 4 nitrogen and oxygen atoms in total. The summed E-state index contributed by atoms with van der Waals surface area (Å²) in [5.41, 5.74) is 1.14. The molecule has 2 N–H and O–H groups in total. The average molecular weight is 296 g/mol. The van der Waals surface area contributed by atoms with E-state index in [1.165, 1.54) is 0 Å². The van der Waals surface area contributed by atoms with Gasteiger partial charge in [-0.05, 0) is 50.4 Å². The molecule has 0 saturated carbocycles. The van der Waals surface area contributed by atoms with Crippen LogP contribution in [0.1, 0.15) is 32.3 Å². The van der Waals surface area contributed by atoms with Crippen LogP contribution in [0.2, 0.25) is 5.15 Å². The number of rotatable bonds is 3. The maximum atomic E-state index is 12.6. The number of aryl methyl sites for hydroxylation is 1. The molecule has 20 heavy (non-hydrogen) atoms. The number of amides is 1. The topological polar surface area (TPSA) is 54.0 Å². The Bertz CT molecular complexity index is 496. The van der Waals surface area contributed by atoms with Gasteiger partial charge in [-0.25, -0.2) is 4.98 Å². The number of nitrogens with one attached hydrogen (secondary N) is 2. The van der Waals surface area contributed by atoms with Gasteiger partial charge in [0.25, 0.3) is 0 Å². The number of hydrogen-bond acceptors (Lipinski definition) is 3. The zero-order valence-electron chi connectivity index (χ0n) is 12.3. The summed E-state index contributed by atoms with van der Waals surface area (Å²) in [6.45, 7) is 7.85. The summed E-state index contributed by atoms with van der Waals surface area (Å²) in [6, 6.07) is 1.85. The molecule has 110 valence electrons. The zero-order valence-corrected chi connectivity index (χ0v) is 13.0. The van der Waals surface area contributed by atoms with Crippen LogP contribution in [0.5, 0.6) is 0 Å². The van der Waals surface area contributed by atoms with Gasteiger partial charge in [0.2, 0.25) is 5.91 Å². The number of pyridine rings is 1. The summed E-state index contributed by atoms with van der Waals surface area (Å²) >= 11 is 6.04. The van der Waals surface area contributed by atoms with Crippen LogP contribution < -0.4 is 10.6 Å². The normalized spacial score (nSPS) is 19.7. The second-order valence-electron chi connectivity index (χ2n) is 6.07. The van der Waals surface area contributed by atoms with Crippen molar-refractivity contribution >= 4 is 23.2 Å². The van der Waals surface area contributed by atoms with Crippen molar-refractivity contribution in [3.63, 3.8) is 0 Å². The fourth-order valence-corrected chi connectivity index (χ4v) is 2.73. The second-order valence-corrected chi connectivity index (χ2v) is 6.43. The maximum Gasteiger partial charge on any atom is 0.230 e. The van der Waals surface area contributed by atoms with Crippen LogP contribution in [-0.4, -0.2) is 24.0 Å². The molecule has 1 aliphatic heterocycles. The lowest BCUT2D eigenvalue weighted by Crippen LogP contribution is -2.44. The van der Waals surface area contributed by atoms with Crippen molar-refractivity contribution in [3.8, 4) is 0 Å². The van der Waals surface area contributed by atoms with Crippen LogP contribution in [0.25, 0.3) is 0 Å².